The summed E-state index contributed by atoms with van der Waals surface area (Å²) in [6, 6.07) is 18.6. The second-order valence-corrected chi connectivity index (χ2v) is 5.65. The van der Waals surface area contributed by atoms with E-state index in [9.17, 15) is 0 Å². The van der Waals surface area contributed by atoms with Crippen LogP contribution in [0.15, 0.2) is 65.4 Å². The molecule has 2 heteroatoms. The first-order chi connectivity index (χ1) is 10.3. The van der Waals surface area contributed by atoms with E-state index in [2.05, 4.69) is 53.2 Å². The molecule has 21 heavy (non-hydrogen) atoms. The van der Waals surface area contributed by atoms with Crippen molar-refractivity contribution in [3.8, 4) is 11.1 Å². The van der Waals surface area contributed by atoms with Crippen LogP contribution in [0.2, 0.25) is 0 Å². The smallest absolute Gasteiger partial charge is 0.0682 e. The van der Waals surface area contributed by atoms with E-state index in [0.717, 1.165) is 11.1 Å². The van der Waals surface area contributed by atoms with Gasteiger partial charge >= 0.3 is 0 Å². The third-order valence-electron chi connectivity index (χ3n) is 3.34. The lowest BCUT2D eigenvalue weighted by Crippen LogP contribution is -1.82. The summed E-state index contributed by atoms with van der Waals surface area (Å²) in [6.07, 6.45) is 4.18. The molecule has 1 aromatic heterocycles. The van der Waals surface area contributed by atoms with Crippen molar-refractivity contribution in [1.82, 2.24) is 0 Å². The van der Waals surface area contributed by atoms with Gasteiger partial charge in [0.2, 0.25) is 0 Å². The molecule has 0 spiro atoms. The fraction of sp³-hybridized carbons (Fsp3) is 0.0526. The molecule has 0 aliphatic carbocycles. The summed E-state index contributed by atoms with van der Waals surface area (Å²) in [5.74, 6) is 0. The Kier molecular flexibility index (Phi) is 4.29. The van der Waals surface area contributed by atoms with Gasteiger partial charge in [0.1, 0.15) is 0 Å². The molecule has 0 amide bonds. The van der Waals surface area contributed by atoms with E-state index >= 15 is 0 Å². The molecule has 3 rings (SSSR count). The summed E-state index contributed by atoms with van der Waals surface area (Å²) in [5.41, 5.74) is 5.71. The van der Waals surface area contributed by atoms with Crippen LogP contribution in [0.25, 0.3) is 23.3 Å². The lowest BCUT2D eigenvalue weighted by Gasteiger charge is -2.01. The van der Waals surface area contributed by atoms with Gasteiger partial charge in [-0.2, -0.15) is 11.3 Å². The minimum absolute atomic E-state index is 0.0787. The summed E-state index contributed by atoms with van der Waals surface area (Å²) < 4.78 is 0. The molecule has 104 valence electrons. The summed E-state index contributed by atoms with van der Waals surface area (Å²) in [5, 5.41) is 13.4. The zero-order valence-corrected chi connectivity index (χ0v) is 12.4. The van der Waals surface area contributed by atoms with E-state index in [4.69, 9.17) is 5.11 Å². The van der Waals surface area contributed by atoms with Crippen molar-refractivity contribution in [2.75, 3.05) is 0 Å². The molecule has 0 atom stereocenters. The van der Waals surface area contributed by atoms with Crippen LogP contribution in [0.1, 0.15) is 16.7 Å². The fourth-order valence-electron chi connectivity index (χ4n) is 2.24. The van der Waals surface area contributed by atoms with E-state index in [1.54, 1.807) is 11.3 Å². The number of hydrogen-bond acceptors (Lipinski definition) is 2. The Morgan fingerprint density at radius 1 is 0.857 bits per heavy atom. The second-order valence-electron chi connectivity index (χ2n) is 4.87. The van der Waals surface area contributed by atoms with Crippen LogP contribution in [-0.2, 0) is 6.61 Å². The molecule has 0 saturated carbocycles. The zero-order valence-electron chi connectivity index (χ0n) is 11.6. The topological polar surface area (TPSA) is 20.2 Å². The van der Waals surface area contributed by atoms with Gasteiger partial charge in [0.25, 0.3) is 0 Å². The first kappa shape index (κ1) is 13.8. The second kappa shape index (κ2) is 6.53. The normalized spacial score (nSPS) is 11.1. The predicted molar refractivity (Wildman–Crippen MR) is 91.0 cm³/mol. The Morgan fingerprint density at radius 3 is 2.33 bits per heavy atom. The fourth-order valence-corrected chi connectivity index (χ4v) is 2.90. The number of aliphatic hydroxyl groups excluding tert-OH is 1. The van der Waals surface area contributed by atoms with Gasteiger partial charge in [-0.1, -0.05) is 48.6 Å². The van der Waals surface area contributed by atoms with Gasteiger partial charge in [0.15, 0.2) is 0 Å². The van der Waals surface area contributed by atoms with Crippen LogP contribution in [0.4, 0.5) is 0 Å². The van der Waals surface area contributed by atoms with Gasteiger partial charge in [0.05, 0.1) is 6.61 Å². The highest BCUT2D eigenvalue weighted by Crippen LogP contribution is 2.23. The molecule has 0 aliphatic heterocycles. The van der Waals surface area contributed by atoms with Gasteiger partial charge < -0.3 is 5.11 Å². The average Bonchev–Trinajstić information content (AvgIpc) is 3.08. The highest BCUT2D eigenvalue weighted by atomic mass is 32.1. The van der Waals surface area contributed by atoms with E-state index in [1.165, 1.54) is 16.7 Å². The van der Waals surface area contributed by atoms with E-state index in [-0.39, 0.29) is 6.61 Å². The molecule has 0 bridgehead atoms. The van der Waals surface area contributed by atoms with Crippen molar-refractivity contribution in [2.45, 2.75) is 6.61 Å². The minimum Gasteiger partial charge on any atom is -0.392 e. The quantitative estimate of drug-likeness (QED) is 0.665. The molecule has 1 heterocycles. The molecule has 2 aromatic carbocycles. The van der Waals surface area contributed by atoms with Gasteiger partial charge in [-0.05, 0) is 56.8 Å². The summed E-state index contributed by atoms with van der Waals surface area (Å²) >= 11 is 1.71. The standard InChI is InChI=1S/C19H16OS/c20-13-17-5-1-3-15(11-17)7-8-16-4-2-6-18(12-16)19-9-10-21-14-19/h1-12,14,20H,13H2/b8-7+. The Morgan fingerprint density at radius 2 is 1.62 bits per heavy atom. The van der Waals surface area contributed by atoms with Crippen LogP contribution < -0.4 is 0 Å². The van der Waals surface area contributed by atoms with E-state index < -0.39 is 0 Å². The monoisotopic (exact) mass is 292 g/mol. The van der Waals surface area contributed by atoms with Crippen LogP contribution in [0.5, 0.6) is 0 Å². The summed E-state index contributed by atoms with van der Waals surface area (Å²) in [4.78, 5) is 0. The van der Waals surface area contributed by atoms with Gasteiger partial charge in [-0.15, -0.1) is 0 Å². The number of hydrogen-bond donors (Lipinski definition) is 1. The lowest BCUT2D eigenvalue weighted by molar-refractivity contribution is 0.282. The van der Waals surface area contributed by atoms with Crippen LogP contribution in [0.3, 0.4) is 0 Å². The first-order valence-corrected chi connectivity index (χ1v) is 7.80. The van der Waals surface area contributed by atoms with Crippen LogP contribution >= 0.6 is 11.3 Å². The Hall–Kier alpha value is -2.16. The molecule has 0 saturated heterocycles. The maximum absolute atomic E-state index is 9.17. The van der Waals surface area contributed by atoms with Crippen LogP contribution in [-0.4, -0.2) is 5.11 Å². The first-order valence-electron chi connectivity index (χ1n) is 6.86. The number of aliphatic hydroxyl groups is 1. The number of thiophene rings is 1. The van der Waals surface area contributed by atoms with Gasteiger partial charge in [-0.3, -0.25) is 0 Å². The predicted octanol–water partition coefficient (Wildman–Crippen LogP) is 5.08. The number of benzene rings is 2. The van der Waals surface area contributed by atoms with Crippen molar-refractivity contribution in [2.24, 2.45) is 0 Å². The van der Waals surface area contributed by atoms with E-state index in [1.807, 2.05) is 24.3 Å². The maximum atomic E-state index is 9.17. The minimum atomic E-state index is 0.0787. The third kappa shape index (κ3) is 3.48. The van der Waals surface area contributed by atoms with Crippen LogP contribution in [0, 0.1) is 0 Å². The summed E-state index contributed by atoms with van der Waals surface area (Å²) in [6.45, 7) is 0.0787. The third-order valence-corrected chi connectivity index (χ3v) is 4.03. The SMILES string of the molecule is OCc1cccc(/C=C/c2cccc(-c3ccsc3)c2)c1. The van der Waals surface area contributed by atoms with Crippen molar-refractivity contribution in [1.29, 1.82) is 0 Å². The van der Waals surface area contributed by atoms with Gasteiger partial charge in [0, 0.05) is 0 Å². The Labute approximate surface area is 128 Å². The average molecular weight is 292 g/mol. The summed E-state index contributed by atoms with van der Waals surface area (Å²) in [7, 11) is 0. The molecule has 0 radical (unpaired) electrons. The highest BCUT2D eigenvalue weighted by Gasteiger charge is 1.98. The molecule has 1 nitrogen and oxygen atoms in total. The largest absolute Gasteiger partial charge is 0.392 e. The van der Waals surface area contributed by atoms with Crippen molar-refractivity contribution >= 4 is 23.5 Å². The lowest BCUT2D eigenvalue weighted by atomic mass is 10.0. The molecule has 0 aliphatic rings. The molecular weight excluding hydrogens is 276 g/mol. The Bertz CT molecular complexity index is 742. The molecule has 1 N–H and O–H groups in total. The molecular formula is C19H16OS. The van der Waals surface area contributed by atoms with Crippen molar-refractivity contribution in [3.63, 3.8) is 0 Å². The maximum Gasteiger partial charge on any atom is 0.0682 e. The van der Waals surface area contributed by atoms with Crippen molar-refractivity contribution in [3.05, 3.63) is 82.0 Å². The molecule has 3 aromatic rings. The Balaban J connectivity index is 1.84. The number of rotatable bonds is 4. The van der Waals surface area contributed by atoms with E-state index in [0.29, 0.717) is 0 Å². The van der Waals surface area contributed by atoms with Gasteiger partial charge in [-0.25, -0.2) is 0 Å². The van der Waals surface area contributed by atoms with Crippen molar-refractivity contribution < 1.29 is 5.11 Å². The molecule has 0 unspecified atom stereocenters. The molecule has 0 fully saturated rings. The highest BCUT2D eigenvalue weighted by molar-refractivity contribution is 7.08. The zero-order chi connectivity index (χ0) is 14.5.